The molecule has 0 aromatic heterocycles. The summed E-state index contributed by atoms with van der Waals surface area (Å²) >= 11 is 0. The molecule has 0 spiro atoms. The van der Waals surface area contributed by atoms with Gasteiger partial charge in [-0.15, -0.1) is 0 Å². The Labute approximate surface area is 109 Å². The van der Waals surface area contributed by atoms with Crippen LogP contribution in [-0.2, 0) is 0 Å². The van der Waals surface area contributed by atoms with Crippen molar-refractivity contribution in [1.82, 2.24) is 5.32 Å². The third kappa shape index (κ3) is 5.17. The maximum atomic E-state index is 12.0. The molecule has 1 nitrogen and oxygen atoms in total. The van der Waals surface area contributed by atoms with Crippen LogP contribution in [-0.4, -0.2) is 18.8 Å². The van der Waals surface area contributed by atoms with Crippen LogP contribution in [0.2, 0.25) is 0 Å². The highest BCUT2D eigenvalue weighted by Gasteiger charge is 2.32. The van der Waals surface area contributed by atoms with Gasteiger partial charge in [0.2, 0.25) is 0 Å². The Bertz CT molecular complexity index is 240. The van der Waals surface area contributed by atoms with Gasteiger partial charge in [0, 0.05) is 12.6 Å². The van der Waals surface area contributed by atoms with E-state index >= 15 is 0 Å². The molecule has 4 heteroatoms. The first-order valence-corrected chi connectivity index (χ1v) is 7.05. The molecule has 18 heavy (non-hydrogen) atoms. The van der Waals surface area contributed by atoms with E-state index in [4.69, 9.17) is 0 Å². The van der Waals surface area contributed by atoms with Crippen molar-refractivity contribution in [3.8, 4) is 0 Å². The van der Waals surface area contributed by atoms with Crippen molar-refractivity contribution in [3.05, 3.63) is 0 Å². The van der Waals surface area contributed by atoms with Gasteiger partial charge in [-0.2, -0.15) is 13.2 Å². The molecule has 1 saturated carbocycles. The molecule has 0 aromatic rings. The largest absolute Gasteiger partial charge is 0.390 e. The van der Waals surface area contributed by atoms with E-state index in [-0.39, 0.29) is 12.6 Å². The van der Waals surface area contributed by atoms with Crippen LogP contribution in [0.25, 0.3) is 0 Å². The fraction of sp³-hybridized carbons (Fsp3) is 1.00. The Morgan fingerprint density at radius 2 is 1.61 bits per heavy atom. The highest BCUT2D eigenvalue weighted by Crippen LogP contribution is 2.40. The Morgan fingerprint density at radius 1 is 1.06 bits per heavy atom. The molecule has 0 heterocycles. The van der Waals surface area contributed by atoms with E-state index in [0.717, 1.165) is 31.6 Å². The Morgan fingerprint density at radius 3 is 2.06 bits per heavy atom. The molecule has 0 unspecified atom stereocenters. The first kappa shape index (κ1) is 15.8. The molecule has 1 N–H and O–H groups in total. The Kier molecular flexibility index (Phi) is 5.50. The van der Waals surface area contributed by atoms with Crippen molar-refractivity contribution in [3.63, 3.8) is 0 Å². The second-order valence-electron chi connectivity index (χ2n) is 6.21. The SMILES string of the molecule is CCC(C)(C)C1CCC(NCCC(F)(F)F)CC1. The summed E-state index contributed by atoms with van der Waals surface area (Å²) in [4.78, 5) is 0. The van der Waals surface area contributed by atoms with Crippen molar-refractivity contribution >= 4 is 0 Å². The molecular formula is C14H26F3N. The zero-order valence-corrected chi connectivity index (χ0v) is 11.7. The van der Waals surface area contributed by atoms with Crippen LogP contribution in [0.15, 0.2) is 0 Å². The minimum absolute atomic E-state index is 0.0655. The number of halogens is 3. The van der Waals surface area contributed by atoms with Crippen molar-refractivity contribution in [1.29, 1.82) is 0 Å². The lowest BCUT2D eigenvalue weighted by Gasteiger charge is -2.39. The summed E-state index contributed by atoms with van der Waals surface area (Å²) in [5.74, 6) is 0.725. The first-order chi connectivity index (χ1) is 8.24. The molecule has 0 amide bonds. The number of alkyl halides is 3. The maximum Gasteiger partial charge on any atom is 0.390 e. The minimum Gasteiger partial charge on any atom is -0.314 e. The molecule has 0 bridgehead atoms. The molecule has 0 aromatic carbocycles. The lowest BCUT2D eigenvalue weighted by molar-refractivity contribution is -0.133. The predicted molar refractivity (Wildman–Crippen MR) is 68.5 cm³/mol. The molecule has 1 aliphatic carbocycles. The average molecular weight is 265 g/mol. The van der Waals surface area contributed by atoms with E-state index < -0.39 is 12.6 Å². The van der Waals surface area contributed by atoms with Crippen molar-refractivity contribution in [2.75, 3.05) is 6.54 Å². The van der Waals surface area contributed by atoms with Crippen molar-refractivity contribution in [2.45, 2.75) is 71.5 Å². The summed E-state index contributed by atoms with van der Waals surface area (Å²) in [6.07, 6.45) is 0.749. The summed E-state index contributed by atoms with van der Waals surface area (Å²) in [7, 11) is 0. The molecule has 1 aliphatic rings. The average Bonchev–Trinajstić information content (AvgIpc) is 2.28. The van der Waals surface area contributed by atoms with Gasteiger partial charge in [0.25, 0.3) is 0 Å². The third-order valence-electron chi connectivity index (χ3n) is 4.59. The molecule has 0 aliphatic heterocycles. The zero-order chi connectivity index (χ0) is 13.8. The third-order valence-corrected chi connectivity index (χ3v) is 4.59. The summed E-state index contributed by atoms with van der Waals surface area (Å²) in [6, 6.07) is 0.288. The number of hydrogen-bond donors (Lipinski definition) is 1. The molecular weight excluding hydrogens is 239 g/mol. The van der Waals surface area contributed by atoms with Crippen molar-refractivity contribution in [2.24, 2.45) is 11.3 Å². The van der Waals surface area contributed by atoms with Crippen LogP contribution in [0.4, 0.5) is 13.2 Å². The monoisotopic (exact) mass is 265 g/mol. The van der Waals surface area contributed by atoms with Crippen LogP contribution >= 0.6 is 0 Å². The molecule has 0 atom stereocenters. The van der Waals surface area contributed by atoms with E-state index in [1.807, 2.05) is 0 Å². The molecule has 0 saturated heterocycles. The quantitative estimate of drug-likeness (QED) is 0.770. The highest BCUT2D eigenvalue weighted by atomic mass is 19.4. The Balaban J connectivity index is 2.24. The van der Waals surface area contributed by atoms with Gasteiger partial charge in [0.1, 0.15) is 0 Å². The number of nitrogens with one attached hydrogen (secondary N) is 1. The highest BCUT2D eigenvalue weighted by molar-refractivity contribution is 4.84. The van der Waals surface area contributed by atoms with E-state index in [9.17, 15) is 13.2 Å². The summed E-state index contributed by atoms with van der Waals surface area (Å²) < 4.78 is 36.1. The van der Waals surface area contributed by atoms with Crippen LogP contribution in [0.3, 0.4) is 0 Å². The first-order valence-electron chi connectivity index (χ1n) is 7.05. The predicted octanol–water partition coefficient (Wildman–Crippen LogP) is 4.52. The van der Waals surface area contributed by atoms with Crippen LogP contribution in [0.1, 0.15) is 59.3 Å². The van der Waals surface area contributed by atoms with E-state index in [1.54, 1.807) is 0 Å². The van der Waals surface area contributed by atoms with E-state index in [2.05, 4.69) is 26.1 Å². The van der Waals surface area contributed by atoms with Crippen LogP contribution in [0, 0.1) is 11.3 Å². The fourth-order valence-electron chi connectivity index (χ4n) is 2.79. The molecule has 108 valence electrons. The minimum atomic E-state index is -4.03. The molecule has 1 fully saturated rings. The zero-order valence-electron chi connectivity index (χ0n) is 11.7. The smallest absolute Gasteiger partial charge is 0.314 e. The number of rotatable bonds is 5. The standard InChI is InChI=1S/C14H26F3N/c1-4-13(2,3)11-5-7-12(8-6-11)18-10-9-14(15,16)17/h11-12,18H,4-10H2,1-3H3. The lowest BCUT2D eigenvalue weighted by atomic mass is 9.69. The second kappa shape index (κ2) is 6.27. The molecule has 1 rings (SSSR count). The van der Waals surface area contributed by atoms with Gasteiger partial charge in [0.05, 0.1) is 6.42 Å². The number of hydrogen-bond acceptors (Lipinski definition) is 1. The van der Waals surface area contributed by atoms with Gasteiger partial charge in [-0.25, -0.2) is 0 Å². The topological polar surface area (TPSA) is 12.0 Å². The lowest BCUT2D eigenvalue weighted by Crippen LogP contribution is -2.38. The van der Waals surface area contributed by atoms with Gasteiger partial charge in [-0.3, -0.25) is 0 Å². The summed E-state index contributed by atoms with van der Waals surface area (Å²) in [5.41, 5.74) is 0.372. The van der Waals surface area contributed by atoms with Gasteiger partial charge in [-0.1, -0.05) is 27.2 Å². The van der Waals surface area contributed by atoms with Gasteiger partial charge in [-0.05, 0) is 37.0 Å². The normalized spacial score (nSPS) is 26.3. The van der Waals surface area contributed by atoms with Crippen molar-refractivity contribution < 1.29 is 13.2 Å². The van der Waals surface area contributed by atoms with Gasteiger partial charge < -0.3 is 5.32 Å². The van der Waals surface area contributed by atoms with E-state index in [1.165, 1.54) is 6.42 Å². The second-order valence-corrected chi connectivity index (χ2v) is 6.21. The maximum absolute atomic E-state index is 12.0. The Hall–Kier alpha value is -0.250. The van der Waals surface area contributed by atoms with Gasteiger partial charge in [0.15, 0.2) is 0 Å². The van der Waals surface area contributed by atoms with Crippen LogP contribution < -0.4 is 5.32 Å². The summed E-state index contributed by atoms with van der Waals surface area (Å²) in [5, 5.41) is 3.05. The van der Waals surface area contributed by atoms with Gasteiger partial charge >= 0.3 is 6.18 Å². The van der Waals surface area contributed by atoms with Crippen LogP contribution in [0.5, 0.6) is 0 Å². The summed E-state index contributed by atoms with van der Waals surface area (Å²) in [6.45, 7) is 6.88. The fourth-order valence-corrected chi connectivity index (χ4v) is 2.79. The van der Waals surface area contributed by atoms with E-state index in [0.29, 0.717) is 5.41 Å². The molecule has 0 radical (unpaired) electrons.